The summed E-state index contributed by atoms with van der Waals surface area (Å²) in [7, 11) is -2.63. The summed E-state index contributed by atoms with van der Waals surface area (Å²) in [5, 5.41) is 8.87. The number of hydrogen-bond donors (Lipinski definition) is 0. The fourth-order valence-corrected chi connectivity index (χ4v) is 4.27. The molecule has 0 aliphatic heterocycles. The molecule has 8 heteroatoms. The van der Waals surface area contributed by atoms with Gasteiger partial charge < -0.3 is 4.74 Å². The number of ether oxygens (including phenoxy) is 1. The van der Waals surface area contributed by atoms with Crippen molar-refractivity contribution in [2.24, 2.45) is 0 Å². The van der Waals surface area contributed by atoms with Gasteiger partial charge in [0.1, 0.15) is 0 Å². The van der Waals surface area contributed by atoms with Crippen LogP contribution < -0.4 is 0 Å². The first kappa shape index (κ1) is 20.6. The van der Waals surface area contributed by atoms with Crippen LogP contribution in [-0.4, -0.2) is 43.1 Å². The van der Waals surface area contributed by atoms with E-state index in [4.69, 9.17) is 10.00 Å². The fourth-order valence-electron chi connectivity index (χ4n) is 2.61. The molecule has 0 aliphatic carbocycles. The highest BCUT2D eigenvalue weighted by Crippen LogP contribution is 2.22. The molecule has 1 heterocycles. The van der Waals surface area contributed by atoms with Crippen molar-refractivity contribution in [2.75, 3.05) is 19.4 Å². The number of sulfonamides is 1. The molecule has 0 amide bonds. The van der Waals surface area contributed by atoms with Gasteiger partial charge in [-0.2, -0.15) is 9.57 Å². The summed E-state index contributed by atoms with van der Waals surface area (Å²) in [6, 6.07) is 15.8. The largest absolute Gasteiger partial charge is 0.469 e. The second kappa shape index (κ2) is 9.80. The molecule has 0 saturated heterocycles. The minimum atomic E-state index is -3.85. The zero-order valence-electron chi connectivity index (χ0n) is 15.0. The predicted molar refractivity (Wildman–Crippen MR) is 99.9 cm³/mol. The first-order valence-electron chi connectivity index (χ1n) is 8.35. The van der Waals surface area contributed by atoms with Crippen LogP contribution in [0.5, 0.6) is 0 Å². The summed E-state index contributed by atoms with van der Waals surface area (Å²) in [5.74, 6) is -2.01. The van der Waals surface area contributed by atoms with Gasteiger partial charge >= 0.3 is 5.97 Å². The van der Waals surface area contributed by atoms with Gasteiger partial charge in [-0.25, -0.2) is 8.42 Å². The standard InChI is InChI=1S/C19H21N3O4S/c1-26-19(23)18(16-8-3-2-4-9-16)15-27(24,25)22(13-7-11-20)14-17-10-5-6-12-21-17/h2-6,8-10,12,18H,7,13-15H2,1H3. The van der Waals surface area contributed by atoms with E-state index < -0.39 is 27.7 Å². The molecule has 1 aromatic carbocycles. The van der Waals surface area contributed by atoms with Crippen molar-refractivity contribution in [3.8, 4) is 6.07 Å². The molecule has 27 heavy (non-hydrogen) atoms. The third kappa shape index (κ3) is 5.88. The van der Waals surface area contributed by atoms with Gasteiger partial charge in [0.05, 0.1) is 37.1 Å². The van der Waals surface area contributed by atoms with Gasteiger partial charge in [-0.15, -0.1) is 0 Å². The lowest BCUT2D eigenvalue weighted by Crippen LogP contribution is -2.37. The number of carbonyl (C=O) groups excluding carboxylic acids is 1. The van der Waals surface area contributed by atoms with Crippen LogP contribution in [0.25, 0.3) is 0 Å². The lowest BCUT2D eigenvalue weighted by molar-refractivity contribution is -0.141. The maximum absolute atomic E-state index is 13.0. The highest BCUT2D eigenvalue weighted by molar-refractivity contribution is 7.89. The van der Waals surface area contributed by atoms with Crippen LogP contribution in [-0.2, 0) is 26.1 Å². The Labute approximate surface area is 159 Å². The monoisotopic (exact) mass is 387 g/mol. The molecule has 1 aromatic heterocycles. The quantitative estimate of drug-likeness (QED) is 0.611. The van der Waals surface area contributed by atoms with E-state index in [1.54, 1.807) is 54.7 Å². The Kier molecular flexibility index (Phi) is 7.46. The van der Waals surface area contributed by atoms with E-state index in [9.17, 15) is 13.2 Å². The molecule has 2 aromatic rings. The fraction of sp³-hybridized carbons (Fsp3) is 0.316. The number of esters is 1. The topological polar surface area (TPSA) is 100 Å². The third-order valence-electron chi connectivity index (χ3n) is 4.00. The Morgan fingerprint density at radius 1 is 1.22 bits per heavy atom. The Balaban J connectivity index is 2.29. The van der Waals surface area contributed by atoms with Gasteiger partial charge in [-0.1, -0.05) is 36.4 Å². The van der Waals surface area contributed by atoms with Gasteiger partial charge in [0.15, 0.2) is 0 Å². The van der Waals surface area contributed by atoms with E-state index >= 15 is 0 Å². The van der Waals surface area contributed by atoms with Gasteiger partial charge in [-0.3, -0.25) is 9.78 Å². The number of nitriles is 1. The highest BCUT2D eigenvalue weighted by atomic mass is 32.2. The minimum absolute atomic E-state index is 0.0259. The maximum Gasteiger partial charge on any atom is 0.314 e. The first-order valence-corrected chi connectivity index (χ1v) is 9.96. The lowest BCUT2D eigenvalue weighted by atomic mass is 10.0. The molecule has 0 N–H and O–H groups in total. The van der Waals surface area contributed by atoms with Crippen LogP contribution in [0.3, 0.4) is 0 Å². The van der Waals surface area contributed by atoms with Gasteiger partial charge in [-0.05, 0) is 17.7 Å². The molecule has 1 atom stereocenters. The molecule has 7 nitrogen and oxygen atoms in total. The molecule has 0 fully saturated rings. The zero-order chi connectivity index (χ0) is 19.7. The van der Waals surface area contributed by atoms with Gasteiger partial charge in [0, 0.05) is 19.2 Å². The smallest absolute Gasteiger partial charge is 0.314 e. The van der Waals surface area contributed by atoms with Crippen molar-refractivity contribution in [2.45, 2.75) is 18.9 Å². The lowest BCUT2D eigenvalue weighted by Gasteiger charge is -2.23. The summed E-state index contributed by atoms with van der Waals surface area (Å²) in [6.45, 7) is 0.0611. The summed E-state index contributed by atoms with van der Waals surface area (Å²) in [4.78, 5) is 16.4. The summed E-state index contributed by atoms with van der Waals surface area (Å²) in [5.41, 5.74) is 1.12. The summed E-state index contributed by atoms with van der Waals surface area (Å²) >= 11 is 0. The van der Waals surface area contributed by atoms with E-state index in [1.807, 2.05) is 6.07 Å². The molecular weight excluding hydrogens is 366 g/mol. The van der Waals surface area contributed by atoms with Crippen LogP contribution in [0.4, 0.5) is 0 Å². The van der Waals surface area contributed by atoms with Crippen LogP contribution in [0.2, 0.25) is 0 Å². The minimum Gasteiger partial charge on any atom is -0.469 e. The third-order valence-corrected chi connectivity index (χ3v) is 5.85. The van der Waals surface area contributed by atoms with Crippen molar-refractivity contribution in [1.29, 1.82) is 5.26 Å². The van der Waals surface area contributed by atoms with E-state index in [-0.39, 0.29) is 19.5 Å². The predicted octanol–water partition coefficient (Wildman–Crippen LogP) is 2.08. The van der Waals surface area contributed by atoms with Crippen molar-refractivity contribution in [3.05, 3.63) is 66.0 Å². The van der Waals surface area contributed by atoms with E-state index in [0.29, 0.717) is 11.3 Å². The first-order chi connectivity index (χ1) is 13.0. The van der Waals surface area contributed by atoms with Gasteiger partial charge in [0.2, 0.25) is 10.0 Å². The van der Waals surface area contributed by atoms with Crippen molar-refractivity contribution < 1.29 is 17.9 Å². The SMILES string of the molecule is COC(=O)C(CS(=O)(=O)N(CCC#N)Cc1ccccn1)c1ccccc1. The van der Waals surface area contributed by atoms with Crippen LogP contribution >= 0.6 is 0 Å². The van der Waals surface area contributed by atoms with Crippen LogP contribution in [0.1, 0.15) is 23.6 Å². The summed E-state index contributed by atoms with van der Waals surface area (Å²) < 4.78 is 32.0. The van der Waals surface area contributed by atoms with Crippen LogP contribution in [0, 0.1) is 11.3 Å². The number of nitrogens with zero attached hydrogens (tertiary/aromatic N) is 3. The Bertz CT molecular complexity index is 880. The second-order valence-electron chi connectivity index (χ2n) is 5.83. The molecule has 1 unspecified atom stereocenters. The number of hydrogen-bond acceptors (Lipinski definition) is 6. The average molecular weight is 387 g/mol. The molecule has 0 spiro atoms. The molecule has 0 radical (unpaired) electrons. The Morgan fingerprint density at radius 2 is 1.93 bits per heavy atom. The normalized spacial score (nSPS) is 12.3. The molecule has 142 valence electrons. The Morgan fingerprint density at radius 3 is 2.52 bits per heavy atom. The molecule has 0 saturated carbocycles. The van der Waals surface area contributed by atoms with Crippen molar-refractivity contribution in [3.63, 3.8) is 0 Å². The van der Waals surface area contributed by atoms with Gasteiger partial charge in [0.25, 0.3) is 0 Å². The Hall–Kier alpha value is -2.76. The van der Waals surface area contributed by atoms with Crippen molar-refractivity contribution >= 4 is 16.0 Å². The number of rotatable bonds is 9. The van der Waals surface area contributed by atoms with E-state index in [0.717, 1.165) is 0 Å². The van der Waals surface area contributed by atoms with E-state index in [2.05, 4.69) is 4.98 Å². The van der Waals surface area contributed by atoms with Crippen LogP contribution in [0.15, 0.2) is 54.7 Å². The zero-order valence-corrected chi connectivity index (χ0v) is 15.8. The average Bonchev–Trinajstić information content (AvgIpc) is 2.70. The number of carbonyl (C=O) groups is 1. The van der Waals surface area contributed by atoms with Crippen molar-refractivity contribution in [1.82, 2.24) is 9.29 Å². The molecule has 2 rings (SSSR count). The molecular formula is C19H21N3O4S. The van der Waals surface area contributed by atoms with E-state index in [1.165, 1.54) is 11.4 Å². The number of aromatic nitrogens is 1. The number of pyridine rings is 1. The maximum atomic E-state index is 13.0. The molecule has 0 bridgehead atoms. The molecule has 0 aliphatic rings. The second-order valence-corrected chi connectivity index (χ2v) is 7.84. The highest BCUT2D eigenvalue weighted by Gasteiger charge is 2.32. The number of methoxy groups -OCH3 is 1. The number of benzene rings is 1. The summed E-state index contributed by atoms with van der Waals surface area (Å²) in [6.07, 6.45) is 1.62.